The lowest BCUT2D eigenvalue weighted by Crippen LogP contribution is -2.24. The number of benzene rings is 2. The molecule has 9 heteroatoms. The van der Waals surface area contributed by atoms with Gasteiger partial charge < -0.3 is 19.5 Å². The second-order valence-electron chi connectivity index (χ2n) is 6.53. The largest absolute Gasteiger partial charge is 0.497 e. The summed E-state index contributed by atoms with van der Waals surface area (Å²) in [6.07, 6.45) is 1.88. The number of sulfone groups is 1. The molecule has 0 heterocycles. The molecule has 0 aliphatic carbocycles. The second kappa shape index (κ2) is 10.5. The number of rotatable bonds is 10. The molecule has 1 N–H and O–H groups in total. The molecule has 7 nitrogen and oxygen atoms in total. The van der Waals surface area contributed by atoms with Gasteiger partial charge in [-0.3, -0.25) is 0 Å². The number of hydrogen-bond acceptors (Lipinski definition) is 7. The van der Waals surface area contributed by atoms with Crippen molar-refractivity contribution in [2.45, 2.75) is 31.2 Å². The molecule has 0 saturated carbocycles. The van der Waals surface area contributed by atoms with Gasteiger partial charge in [0, 0.05) is 28.6 Å². The Balaban J connectivity index is 2.54. The van der Waals surface area contributed by atoms with Crippen LogP contribution in [0.15, 0.2) is 41.3 Å². The zero-order valence-corrected chi connectivity index (χ0v) is 19.0. The quantitative estimate of drug-likeness (QED) is 0.535. The van der Waals surface area contributed by atoms with Gasteiger partial charge in [-0.1, -0.05) is 24.6 Å². The number of hydrogen-bond donors (Lipinski definition) is 1. The van der Waals surface area contributed by atoms with Gasteiger partial charge in [-0.2, -0.15) is 0 Å². The van der Waals surface area contributed by atoms with Crippen LogP contribution in [-0.2, 0) is 19.4 Å². The molecular formula is C21H26ClNO6S. The number of carbonyl (C=O) groups excluding carboxylic acids is 1. The standard InChI is InChI=1S/C21H26ClNO6S/c1-5-9-29-19-10-14(22)7-8-18(19)20(21(24)28-6-2)23-15-11-16(27-3)13-17(12-15)30(4,25)26/h7-8,10-13,20,23H,5-6,9H2,1-4H3. The van der Waals surface area contributed by atoms with Crippen LogP contribution in [0.5, 0.6) is 11.5 Å². The molecule has 0 aromatic heterocycles. The highest BCUT2D eigenvalue weighted by molar-refractivity contribution is 7.90. The minimum atomic E-state index is -3.49. The van der Waals surface area contributed by atoms with E-state index in [1.807, 2.05) is 6.92 Å². The number of methoxy groups -OCH3 is 1. The number of halogens is 1. The summed E-state index contributed by atoms with van der Waals surface area (Å²) >= 11 is 6.11. The fourth-order valence-corrected chi connectivity index (χ4v) is 3.56. The molecule has 1 unspecified atom stereocenters. The smallest absolute Gasteiger partial charge is 0.333 e. The van der Waals surface area contributed by atoms with E-state index in [4.69, 9.17) is 25.8 Å². The van der Waals surface area contributed by atoms with Gasteiger partial charge in [0.15, 0.2) is 15.9 Å². The first-order valence-electron chi connectivity index (χ1n) is 9.44. The van der Waals surface area contributed by atoms with Crippen molar-refractivity contribution < 1.29 is 27.4 Å². The van der Waals surface area contributed by atoms with Crippen molar-refractivity contribution >= 4 is 33.1 Å². The summed E-state index contributed by atoms with van der Waals surface area (Å²) in [6, 6.07) is 8.46. The maximum Gasteiger partial charge on any atom is 0.333 e. The molecule has 2 aromatic carbocycles. The lowest BCUT2D eigenvalue weighted by molar-refractivity contribution is -0.144. The van der Waals surface area contributed by atoms with Gasteiger partial charge >= 0.3 is 5.97 Å². The molecule has 164 valence electrons. The molecule has 2 rings (SSSR count). The van der Waals surface area contributed by atoms with Crippen molar-refractivity contribution in [1.29, 1.82) is 0 Å². The van der Waals surface area contributed by atoms with Gasteiger partial charge in [-0.05, 0) is 37.6 Å². The Labute approximate surface area is 182 Å². The average molecular weight is 456 g/mol. The van der Waals surface area contributed by atoms with Crippen LogP contribution in [0.2, 0.25) is 5.02 Å². The number of nitrogens with one attached hydrogen (secondary N) is 1. The number of esters is 1. The molecule has 30 heavy (non-hydrogen) atoms. The molecule has 0 radical (unpaired) electrons. The van der Waals surface area contributed by atoms with E-state index in [9.17, 15) is 13.2 Å². The lowest BCUT2D eigenvalue weighted by Gasteiger charge is -2.22. The SMILES string of the molecule is CCCOc1cc(Cl)ccc1C(Nc1cc(OC)cc(S(C)(=O)=O)c1)C(=O)OCC. The van der Waals surface area contributed by atoms with Gasteiger partial charge in [-0.15, -0.1) is 0 Å². The average Bonchev–Trinajstić information content (AvgIpc) is 2.70. The van der Waals surface area contributed by atoms with E-state index in [0.717, 1.165) is 12.7 Å². The van der Waals surface area contributed by atoms with Gasteiger partial charge in [0.2, 0.25) is 0 Å². The minimum Gasteiger partial charge on any atom is -0.497 e. The zero-order chi connectivity index (χ0) is 22.3. The molecule has 0 saturated heterocycles. The van der Waals surface area contributed by atoms with E-state index < -0.39 is 21.8 Å². The highest BCUT2D eigenvalue weighted by atomic mass is 35.5. The summed E-state index contributed by atoms with van der Waals surface area (Å²) in [5.74, 6) is 0.243. The van der Waals surface area contributed by atoms with E-state index in [1.54, 1.807) is 31.2 Å². The van der Waals surface area contributed by atoms with Crippen molar-refractivity contribution in [2.75, 3.05) is 31.9 Å². The maximum absolute atomic E-state index is 12.8. The topological polar surface area (TPSA) is 90.9 Å². The molecule has 0 aliphatic heterocycles. The van der Waals surface area contributed by atoms with Crippen LogP contribution >= 0.6 is 11.6 Å². The Kier molecular flexibility index (Phi) is 8.37. The highest BCUT2D eigenvalue weighted by Gasteiger charge is 2.26. The normalized spacial score (nSPS) is 12.2. The second-order valence-corrected chi connectivity index (χ2v) is 8.98. The summed E-state index contributed by atoms with van der Waals surface area (Å²) in [5.41, 5.74) is 0.902. The van der Waals surface area contributed by atoms with E-state index in [-0.39, 0.29) is 11.5 Å². The Morgan fingerprint density at radius 3 is 2.50 bits per heavy atom. The molecule has 0 spiro atoms. The molecule has 0 fully saturated rings. The predicted octanol–water partition coefficient (Wildman–Crippen LogP) is 4.26. The van der Waals surface area contributed by atoms with Crippen LogP contribution in [0.25, 0.3) is 0 Å². The summed E-state index contributed by atoms with van der Waals surface area (Å²) < 4.78 is 40.3. The fraction of sp³-hybridized carbons (Fsp3) is 0.381. The summed E-state index contributed by atoms with van der Waals surface area (Å²) in [4.78, 5) is 12.8. The van der Waals surface area contributed by atoms with Crippen molar-refractivity contribution in [3.8, 4) is 11.5 Å². The zero-order valence-electron chi connectivity index (χ0n) is 17.4. The van der Waals surface area contributed by atoms with E-state index in [2.05, 4.69) is 5.32 Å². The van der Waals surface area contributed by atoms with Crippen molar-refractivity contribution in [2.24, 2.45) is 0 Å². The summed E-state index contributed by atoms with van der Waals surface area (Å²) in [7, 11) is -2.06. The molecule has 0 bridgehead atoms. The first-order valence-corrected chi connectivity index (χ1v) is 11.7. The van der Waals surface area contributed by atoms with Crippen LogP contribution in [0.3, 0.4) is 0 Å². The van der Waals surface area contributed by atoms with E-state index in [1.165, 1.54) is 19.2 Å². The van der Waals surface area contributed by atoms with Crippen LogP contribution in [0.4, 0.5) is 5.69 Å². The van der Waals surface area contributed by atoms with Gasteiger partial charge in [0.1, 0.15) is 11.5 Å². The van der Waals surface area contributed by atoms with Crippen molar-refractivity contribution in [3.63, 3.8) is 0 Å². The van der Waals surface area contributed by atoms with Crippen LogP contribution in [0.1, 0.15) is 31.9 Å². The first kappa shape index (κ1) is 23.8. The monoisotopic (exact) mass is 455 g/mol. The Hall–Kier alpha value is -2.45. The Morgan fingerprint density at radius 1 is 1.17 bits per heavy atom. The predicted molar refractivity (Wildman–Crippen MR) is 116 cm³/mol. The van der Waals surface area contributed by atoms with E-state index in [0.29, 0.717) is 34.4 Å². The molecule has 1 atom stereocenters. The third-order valence-corrected chi connectivity index (χ3v) is 5.45. The van der Waals surface area contributed by atoms with E-state index >= 15 is 0 Å². The number of ether oxygens (including phenoxy) is 3. The molecule has 0 aliphatic rings. The molecule has 2 aromatic rings. The molecule has 0 amide bonds. The van der Waals surface area contributed by atoms with Crippen molar-refractivity contribution in [1.82, 2.24) is 0 Å². The third-order valence-electron chi connectivity index (χ3n) is 4.13. The van der Waals surface area contributed by atoms with Gasteiger partial charge in [-0.25, -0.2) is 13.2 Å². The van der Waals surface area contributed by atoms with Gasteiger partial charge in [0.05, 0.1) is 25.2 Å². The Morgan fingerprint density at radius 2 is 1.90 bits per heavy atom. The van der Waals surface area contributed by atoms with Gasteiger partial charge in [0.25, 0.3) is 0 Å². The van der Waals surface area contributed by atoms with Crippen LogP contribution in [-0.4, -0.2) is 41.0 Å². The Bertz CT molecular complexity index is 993. The first-order chi connectivity index (χ1) is 14.2. The molecular weight excluding hydrogens is 430 g/mol. The van der Waals surface area contributed by atoms with Crippen LogP contribution < -0.4 is 14.8 Å². The van der Waals surface area contributed by atoms with Crippen molar-refractivity contribution in [3.05, 3.63) is 47.0 Å². The summed E-state index contributed by atoms with van der Waals surface area (Å²) in [6.45, 7) is 4.30. The maximum atomic E-state index is 12.8. The lowest BCUT2D eigenvalue weighted by atomic mass is 10.0. The fourth-order valence-electron chi connectivity index (χ4n) is 2.73. The number of anilines is 1. The summed E-state index contributed by atoms with van der Waals surface area (Å²) in [5, 5.41) is 3.53. The minimum absolute atomic E-state index is 0.0607. The van der Waals surface area contributed by atoms with Crippen LogP contribution in [0, 0.1) is 0 Å². The third kappa shape index (κ3) is 6.27. The number of carbonyl (C=O) groups is 1. The highest BCUT2D eigenvalue weighted by Crippen LogP contribution is 2.33.